The minimum atomic E-state index is 0.825. The molecule has 0 N–H and O–H groups in total. The Morgan fingerprint density at radius 3 is 1.90 bits per heavy atom. The largest absolute Gasteiger partial charge is 0.297 e. The minimum Gasteiger partial charge on any atom is -0.297 e. The molecule has 0 atom stereocenters. The minimum absolute atomic E-state index is 0.825. The number of aldehydes is 1. The van der Waals surface area contributed by atoms with Crippen molar-refractivity contribution in [1.82, 2.24) is 0 Å². The highest BCUT2D eigenvalue weighted by Gasteiger charge is 2.16. The summed E-state index contributed by atoms with van der Waals surface area (Å²) in [5, 5.41) is 0. The molecule has 3 aromatic rings. The number of rotatable bonds is 13. The summed E-state index contributed by atoms with van der Waals surface area (Å²) in [6.07, 6.45) is 13.7. The lowest BCUT2D eigenvalue weighted by Gasteiger charge is -2.00. The number of aryl methyl sites for hydroxylation is 2. The van der Waals surface area contributed by atoms with E-state index in [1.165, 1.54) is 94.2 Å². The molecule has 0 aliphatic heterocycles. The van der Waals surface area contributed by atoms with Gasteiger partial charge in [0.1, 0.15) is 0 Å². The Kier molecular flexibility index (Phi) is 9.16. The molecule has 0 aromatic carbocycles. The summed E-state index contributed by atoms with van der Waals surface area (Å²) in [7, 11) is 0. The fourth-order valence-electron chi connectivity index (χ4n) is 3.58. The van der Waals surface area contributed by atoms with Gasteiger partial charge in [0.25, 0.3) is 0 Å². The predicted octanol–water partition coefficient (Wildman–Crippen LogP) is 9.26. The first-order valence-corrected chi connectivity index (χ1v) is 13.5. The Morgan fingerprint density at radius 1 is 0.724 bits per heavy atom. The van der Waals surface area contributed by atoms with Gasteiger partial charge in [0.2, 0.25) is 0 Å². The van der Waals surface area contributed by atoms with Crippen LogP contribution in [0, 0.1) is 0 Å². The third-order valence-corrected chi connectivity index (χ3v) is 8.80. The van der Waals surface area contributed by atoms with Crippen molar-refractivity contribution in [1.29, 1.82) is 0 Å². The van der Waals surface area contributed by atoms with Crippen molar-refractivity contribution in [2.45, 2.75) is 78.1 Å². The fraction of sp³-hybridized carbons (Fsp3) is 0.480. The van der Waals surface area contributed by atoms with E-state index >= 15 is 0 Å². The van der Waals surface area contributed by atoms with Crippen molar-refractivity contribution in [2.24, 2.45) is 0 Å². The van der Waals surface area contributed by atoms with Gasteiger partial charge < -0.3 is 0 Å². The summed E-state index contributed by atoms with van der Waals surface area (Å²) in [4.78, 5) is 19.1. The zero-order valence-electron chi connectivity index (χ0n) is 17.7. The summed E-state index contributed by atoms with van der Waals surface area (Å²) >= 11 is 5.44. The maximum Gasteiger partial charge on any atom is 0.160 e. The smallest absolute Gasteiger partial charge is 0.160 e. The molecule has 156 valence electrons. The van der Waals surface area contributed by atoms with Crippen LogP contribution in [0.5, 0.6) is 0 Å². The number of carbonyl (C=O) groups is 1. The lowest BCUT2D eigenvalue weighted by atomic mass is 10.1. The van der Waals surface area contributed by atoms with Crippen molar-refractivity contribution >= 4 is 40.3 Å². The molecule has 0 saturated heterocycles. The van der Waals surface area contributed by atoms with Gasteiger partial charge in [-0.15, -0.1) is 34.0 Å². The standard InChI is InChI=1S/C25H32OS3/c1-3-5-7-9-11-19-13-15-23(27-19)22-17-21(18-26)29-25(22)24-16-14-20(28-24)12-10-8-6-4-2/h13-18H,3-12H2,1-2H3. The quantitative estimate of drug-likeness (QED) is 0.190. The van der Waals surface area contributed by atoms with E-state index in [1.807, 2.05) is 22.7 Å². The first-order valence-electron chi connectivity index (χ1n) is 11.0. The van der Waals surface area contributed by atoms with Gasteiger partial charge in [0, 0.05) is 25.1 Å². The van der Waals surface area contributed by atoms with Crippen LogP contribution in [-0.2, 0) is 12.8 Å². The van der Waals surface area contributed by atoms with Gasteiger partial charge in [0.05, 0.1) is 9.75 Å². The Bertz CT molecular complexity index is 816. The molecule has 4 heteroatoms. The number of carbonyl (C=O) groups excluding carboxylic acids is 1. The monoisotopic (exact) mass is 444 g/mol. The maximum atomic E-state index is 11.5. The molecule has 0 aliphatic carbocycles. The molecule has 1 nitrogen and oxygen atoms in total. The second-order valence-electron chi connectivity index (χ2n) is 7.66. The van der Waals surface area contributed by atoms with Crippen LogP contribution in [0.25, 0.3) is 20.2 Å². The average Bonchev–Trinajstić information content (AvgIpc) is 3.47. The summed E-state index contributed by atoms with van der Waals surface area (Å²) in [6, 6.07) is 11.1. The molecule has 0 aliphatic rings. The highest BCUT2D eigenvalue weighted by Crippen LogP contribution is 2.44. The predicted molar refractivity (Wildman–Crippen MR) is 132 cm³/mol. The van der Waals surface area contributed by atoms with Crippen LogP contribution in [0.4, 0.5) is 0 Å². The molecule has 0 spiro atoms. The van der Waals surface area contributed by atoms with Gasteiger partial charge in [-0.3, -0.25) is 4.79 Å². The molecule has 0 fully saturated rings. The van der Waals surface area contributed by atoms with Gasteiger partial charge in [0.15, 0.2) is 6.29 Å². The van der Waals surface area contributed by atoms with E-state index in [1.54, 1.807) is 11.3 Å². The van der Waals surface area contributed by atoms with Gasteiger partial charge in [-0.05, 0) is 56.0 Å². The topological polar surface area (TPSA) is 17.1 Å². The number of thiophene rings is 3. The van der Waals surface area contributed by atoms with Crippen LogP contribution in [0.3, 0.4) is 0 Å². The first kappa shape index (κ1) is 22.5. The van der Waals surface area contributed by atoms with E-state index in [-0.39, 0.29) is 0 Å². The Balaban J connectivity index is 1.74. The fourth-order valence-corrected chi connectivity index (χ4v) is 6.88. The number of unbranched alkanes of at least 4 members (excludes halogenated alkanes) is 6. The molecular formula is C25H32OS3. The normalized spacial score (nSPS) is 11.2. The number of hydrogen-bond acceptors (Lipinski definition) is 4. The van der Waals surface area contributed by atoms with Crippen LogP contribution in [0.1, 0.15) is 84.6 Å². The summed E-state index contributed by atoms with van der Waals surface area (Å²) in [5.74, 6) is 0. The second kappa shape index (κ2) is 11.8. The molecule has 3 rings (SSSR count). The molecule has 0 saturated carbocycles. The Hall–Kier alpha value is -1.23. The van der Waals surface area contributed by atoms with E-state index in [9.17, 15) is 4.79 Å². The van der Waals surface area contributed by atoms with E-state index in [0.29, 0.717) is 0 Å². The van der Waals surface area contributed by atoms with Gasteiger partial charge >= 0.3 is 0 Å². The number of hydrogen-bond donors (Lipinski definition) is 0. The van der Waals surface area contributed by atoms with Crippen molar-refractivity contribution in [2.75, 3.05) is 0 Å². The van der Waals surface area contributed by atoms with Crippen molar-refractivity contribution in [3.63, 3.8) is 0 Å². The van der Waals surface area contributed by atoms with Crippen LogP contribution in [-0.4, -0.2) is 6.29 Å². The van der Waals surface area contributed by atoms with E-state index in [0.717, 1.165) is 11.2 Å². The first-order chi connectivity index (χ1) is 14.2. The molecular weight excluding hydrogens is 412 g/mol. The van der Waals surface area contributed by atoms with Crippen LogP contribution in [0.15, 0.2) is 30.3 Å². The molecule has 3 aromatic heterocycles. The summed E-state index contributed by atoms with van der Waals surface area (Å²) in [6.45, 7) is 4.51. The molecule has 0 amide bonds. The zero-order valence-corrected chi connectivity index (χ0v) is 20.1. The van der Waals surface area contributed by atoms with Gasteiger partial charge in [-0.1, -0.05) is 52.4 Å². The maximum absolute atomic E-state index is 11.5. The van der Waals surface area contributed by atoms with Crippen molar-refractivity contribution in [3.05, 3.63) is 45.0 Å². The van der Waals surface area contributed by atoms with Gasteiger partial charge in [-0.25, -0.2) is 0 Å². The molecule has 0 bridgehead atoms. The van der Waals surface area contributed by atoms with Crippen molar-refractivity contribution in [3.8, 4) is 20.2 Å². The highest BCUT2D eigenvalue weighted by molar-refractivity contribution is 7.24. The average molecular weight is 445 g/mol. The lowest BCUT2D eigenvalue weighted by Crippen LogP contribution is -1.80. The van der Waals surface area contributed by atoms with Crippen LogP contribution >= 0.6 is 34.0 Å². The van der Waals surface area contributed by atoms with Crippen LogP contribution in [0.2, 0.25) is 0 Å². The van der Waals surface area contributed by atoms with E-state index < -0.39 is 0 Å². The lowest BCUT2D eigenvalue weighted by molar-refractivity contribution is 0.112. The third kappa shape index (κ3) is 6.37. The summed E-state index contributed by atoms with van der Waals surface area (Å²) in [5.41, 5.74) is 1.24. The van der Waals surface area contributed by atoms with Crippen molar-refractivity contribution < 1.29 is 4.79 Å². The second-order valence-corrected chi connectivity index (χ2v) is 11.1. The molecule has 29 heavy (non-hydrogen) atoms. The zero-order chi connectivity index (χ0) is 20.5. The van der Waals surface area contributed by atoms with Crippen LogP contribution < -0.4 is 0 Å². The molecule has 3 heterocycles. The van der Waals surface area contributed by atoms with E-state index in [2.05, 4.69) is 44.2 Å². The Morgan fingerprint density at radius 2 is 1.31 bits per heavy atom. The van der Waals surface area contributed by atoms with E-state index in [4.69, 9.17) is 0 Å². The SMILES string of the molecule is CCCCCCc1ccc(-c2cc(C=O)sc2-c2ccc(CCCCCC)s2)s1. The molecule has 0 radical (unpaired) electrons. The third-order valence-electron chi connectivity index (χ3n) is 5.23. The highest BCUT2D eigenvalue weighted by atomic mass is 32.1. The summed E-state index contributed by atoms with van der Waals surface area (Å²) < 4.78 is 0. The van der Waals surface area contributed by atoms with Gasteiger partial charge in [-0.2, -0.15) is 0 Å². The molecule has 0 unspecified atom stereocenters. The Labute approximate surface area is 187 Å².